The molecule has 0 amide bonds. The molecule has 1 rings (SSSR count). The second kappa shape index (κ2) is 6.46. The normalized spacial score (nSPS) is 11.1. The first-order valence-electron chi connectivity index (χ1n) is 5.45. The maximum Gasteiger partial charge on any atom is 0.232 e. The molecule has 0 unspecified atom stereocenters. The molecule has 0 saturated heterocycles. The second-order valence-electron chi connectivity index (χ2n) is 3.63. The SMILES string of the molecule is COc1ccc(NS(=O)(=O)CCCN)cc1OC. The average molecular weight is 274 g/mol. The third-order valence-electron chi connectivity index (χ3n) is 2.27. The van der Waals surface area contributed by atoms with Crippen molar-refractivity contribution in [1.82, 2.24) is 0 Å². The van der Waals surface area contributed by atoms with Gasteiger partial charge in [-0.2, -0.15) is 0 Å². The Morgan fingerprint density at radius 3 is 2.44 bits per heavy atom. The molecule has 0 radical (unpaired) electrons. The Balaban J connectivity index is 2.85. The van der Waals surface area contributed by atoms with E-state index >= 15 is 0 Å². The summed E-state index contributed by atoms with van der Waals surface area (Å²) in [5.41, 5.74) is 5.72. The Kier molecular flexibility index (Phi) is 5.24. The van der Waals surface area contributed by atoms with Gasteiger partial charge in [0.15, 0.2) is 11.5 Å². The number of ether oxygens (including phenoxy) is 2. The molecule has 0 heterocycles. The van der Waals surface area contributed by atoms with E-state index in [0.717, 1.165) is 0 Å². The minimum Gasteiger partial charge on any atom is -0.493 e. The third-order valence-corrected chi connectivity index (χ3v) is 3.65. The largest absolute Gasteiger partial charge is 0.493 e. The Morgan fingerprint density at radius 1 is 1.22 bits per heavy atom. The molecule has 102 valence electrons. The number of hydrogen-bond acceptors (Lipinski definition) is 5. The van der Waals surface area contributed by atoms with Crippen molar-refractivity contribution >= 4 is 15.7 Å². The molecule has 0 aromatic heterocycles. The van der Waals surface area contributed by atoms with Crippen LogP contribution in [0.4, 0.5) is 5.69 Å². The van der Waals surface area contributed by atoms with E-state index in [1.165, 1.54) is 14.2 Å². The number of rotatable bonds is 7. The first-order chi connectivity index (χ1) is 8.52. The Hall–Kier alpha value is -1.47. The molecule has 6 nitrogen and oxygen atoms in total. The van der Waals surface area contributed by atoms with Crippen molar-refractivity contribution in [3.8, 4) is 11.5 Å². The van der Waals surface area contributed by atoms with Gasteiger partial charge in [-0.25, -0.2) is 8.42 Å². The number of anilines is 1. The molecular weight excluding hydrogens is 256 g/mol. The fourth-order valence-corrected chi connectivity index (χ4v) is 2.54. The highest BCUT2D eigenvalue weighted by Crippen LogP contribution is 2.30. The predicted molar refractivity (Wildman–Crippen MR) is 70.6 cm³/mol. The van der Waals surface area contributed by atoms with Crippen molar-refractivity contribution in [2.75, 3.05) is 31.2 Å². The fourth-order valence-electron chi connectivity index (χ4n) is 1.40. The molecule has 0 aliphatic rings. The van der Waals surface area contributed by atoms with Gasteiger partial charge in [-0.15, -0.1) is 0 Å². The molecule has 18 heavy (non-hydrogen) atoms. The van der Waals surface area contributed by atoms with E-state index in [-0.39, 0.29) is 5.75 Å². The van der Waals surface area contributed by atoms with Crippen LogP contribution in [-0.2, 0) is 10.0 Å². The van der Waals surface area contributed by atoms with E-state index in [2.05, 4.69) is 4.72 Å². The summed E-state index contributed by atoms with van der Waals surface area (Å²) in [4.78, 5) is 0. The van der Waals surface area contributed by atoms with E-state index in [4.69, 9.17) is 15.2 Å². The van der Waals surface area contributed by atoms with Crippen molar-refractivity contribution in [2.45, 2.75) is 6.42 Å². The number of nitrogens with two attached hydrogens (primary N) is 1. The molecule has 0 fully saturated rings. The molecule has 1 aromatic carbocycles. The molecule has 7 heteroatoms. The zero-order valence-corrected chi connectivity index (χ0v) is 11.3. The topological polar surface area (TPSA) is 90.7 Å². The van der Waals surface area contributed by atoms with E-state index in [1.54, 1.807) is 18.2 Å². The van der Waals surface area contributed by atoms with Gasteiger partial charge in [-0.05, 0) is 25.1 Å². The van der Waals surface area contributed by atoms with Crippen LogP contribution in [0.1, 0.15) is 6.42 Å². The monoisotopic (exact) mass is 274 g/mol. The first-order valence-corrected chi connectivity index (χ1v) is 7.10. The summed E-state index contributed by atoms with van der Waals surface area (Å²) < 4.78 is 36.0. The zero-order chi connectivity index (χ0) is 13.6. The Labute approximate surface area is 107 Å². The molecule has 0 saturated carbocycles. The first kappa shape index (κ1) is 14.6. The number of nitrogens with one attached hydrogen (secondary N) is 1. The van der Waals surface area contributed by atoms with Crippen LogP contribution in [0, 0.1) is 0 Å². The lowest BCUT2D eigenvalue weighted by molar-refractivity contribution is 0.355. The number of methoxy groups -OCH3 is 2. The molecule has 0 atom stereocenters. The molecule has 0 bridgehead atoms. The van der Waals surface area contributed by atoms with E-state index in [9.17, 15) is 8.42 Å². The summed E-state index contributed by atoms with van der Waals surface area (Å²) in [7, 11) is -0.360. The van der Waals surface area contributed by atoms with Gasteiger partial charge in [0, 0.05) is 6.07 Å². The highest BCUT2D eigenvalue weighted by Gasteiger charge is 2.11. The predicted octanol–water partition coefficient (Wildman–Crippen LogP) is 0.794. The van der Waals surface area contributed by atoms with Crippen LogP contribution in [0.3, 0.4) is 0 Å². The fraction of sp³-hybridized carbons (Fsp3) is 0.455. The average Bonchev–Trinajstić information content (AvgIpc) is 2.35. The van der Waals surface area contributed by atoms with Crippen LogP contribution < -0.4 is 19.9 Å². The van der Waals surface area contributed by atoms with Crippen LogP contribution in [0.2, 0.25) is 0 Å². The number of sulfonamides is 1. The van der Waals surface area contributed by atoms with Gasteiger partial charge in [0.05, 0.1) is 25.7 Å². The van der Waals surface area contributed by atoms with Crippen LogP contribution in [0.25, 0.3) is 0 Å². The number of benzene rings is 1. The molecular formula is C11H18N2O4S. The van der Waals surface area contributed by atoms with Gasteiger partial charge in [0.25, 0.3) is 0 Å². The third kappa shape index (κ3) is 4.08. The van der Waals surface area contributed by atoms with Crippen molar-refractivity contribution < 1.29 is 17.9 Å². The maximum atomic E-state index is 11.7. The van der Waals surface area contributed by atoms with E-state index in [1.807, 2.05) is 0 Å². The van der Waals surface area contributed by atoms with Gasteiger partial charge < -0.3 is 15.2 Å². The summed E-state index contributed by atoms with van der Waals surface area (Å²) >= 11 is 0. The Morgan fingerprint density at radius 2 is 1.89 bits per heavy atom. The van der Waals surface area contributed by atoms with Gasteiger partial charge in [0.2, 0.25) is 10.0 Å². The van der Waals surface area contributed by atoms with Crippen molar-refractivity contribution in [1.29, 1.82) is 0 Å². The lowest BCUT2D eigenvalue weighted by Crippen LogP contribution is -2.18. The van der Waals surface area contributed by atoms with Crippen molar-refractivity contribution in [2.24, 2.45) is 5.73 Å². The molecule has 3 N–H and O–H groups in total. The highest BCUT2D eigenvalue weighted by atomic mass is 32.2. The quantitative estimate of drug-likeness (QED) is 0.767. The smallest absolute Gasteiger partial charge is 0.232 e. The minimum atomic E-state index is -3.37. The van der Waals surface area contributed by atoms with Crippen molar-refractivity contribution in [3.05, 3.63) is 18.2 Å². The van der Waals surface area contributed by atoms with Gasteiger partial charge in [0.1, 0.15) is 0 Å². The van der Waals surface area contributed by atoms with Crippen LogP contribution in [0.5, 0.6) is 11.5 Å². The summed E-state index contributed by atoms with van der Waals surface area (Å²) in [5, 5.41) is 0. The molecule has 1 aromatic rings. The summed E-state index contributed by atoms with van der Waals surface area (Å²) in [6.45, 7) is 0.340. The molecule has 0 spiro atoms. The van der Waals surface area contributed by atoms with Gasteiger partial charge in [-0.3, -0.25) is 4.72 Å². The van der Waals surface area contributed by atoms with Gasteiger partial charge >= 0.3 is 0 Å². The second-order valence-corrected chi connectivity index (χ2v) is 5.47. The maximum absolute atomic E-state index is 11.7. The van der Waals surface area contributed by atoms with E-state index < -0.39 is 10.0 Å². The Bertz CT molecular complexity index is 488. The standard InChI is InChI=1S/C11H18N2O4S/c1-16-10-5-4-9(8-11(10)17-2)13-18(14,15)7-3-6-12/h4-5,8,13H,3,6-7,12H2,1-2H3. The van der Waals surface area contributed by atoms with Crippen molar-refractivity contribution in [3.63, 3.8) is 0 Å². The van der Waals surface area contributed by atoms with Crippen LogP contribution in [0.15, 0.2) is 18.2 Å². The summed E-state index contributed by atoms with van der Waals surface area (Å²) in [5.74, 6) is 1.01. The highest BCUT2D eigenvalue weighted by molar-refractivity contribution is 7.92. The molecule has 0 aliphatic carbocycles. The zero-order valence-electron chi connectivity index (χ0n) is 10.5. The van der Waals surface area contributed by atoms with Gasteiger partial charge in [-0.1, -0.05) is 0 Å². The summed E-state index contributed by atoms with van der Waals surface area (Å²) in [6, 6.07) is 4.82. The minimum absolute atomic E-state index is 0.00214. The van der Waals surface area contributed by atoms with Crippen LogP contribution >= 0.6 is 0 Å². The summed E-state index contributed by atoms with van der Waals surface area (Å²) in [6.07, 6.45) is 0.419. The van der Waals surface area contributed by atoms with Crippen LogP contribution in [-0.4, -0.2) is 34.9 Å². The lowest BCUT2D eigenvalue weighted by atomic mass is 10.3. The van der Waals surface area contributed by atoms with E-state index in [0.29, 0.717) is 30.2 Å². The number of hydrogen-bond donors (Lipinski definition) is 2. The lowest BCUT2D eigenvalue weighted by Gasteiger charge is -2.11. The molecule has 0 aliphatic heterocycles.